The number of carbonyl (C=O) groups is 2. The van der Waals surface area contributed by atoms with Gasteiger partial charge >= 0.3 is 0 Å². The number of halogens is 1. The van der Waals surface area contributed by atoms with Crippen molar-refractivity contribution >= 4 is 24.2 Å². The van der Waals surface area contributed by atoms with Gasteiger partial charge in [-0.2, -0.15) is 0 Å². The zero-order valence-electron chi connectivity index (χ0n) is 23.2. The number of rotatable bonds is 8. The Balaban J connectivity index is 0.00000370. The summed E-state index contributed by atoms with van der Waals surface area (Å²) < 4.78 is 2.15. The minimum absolute atomic E-state index is 0. The SMILES string of the molecule is CCCNC(=O)/C=C1\CCCC[C@@H]1n1cnc(C(=O)N2CCNC[C@H]2Cc2ccccc2)c1-c1ccccc1.Cl. The summed E-state index contributed by atoms with van der Waals surface area (Å²) in [5.41, 5.74) is 4.61. The highest BCUT2D eigenvalue weighted by Gasteiger charge is 2.33. The second-order valence-corrected chi connectivity index (χ2v) is 10.5. The predicted octanol–water partition coefficient (Wildman–Crippen LogP) is 5.20. The Morgan fingerprint density at radius 2 is 1.82 bits per heavy atom. The first-order valence-corrected chi connectivity index (χ1v) is 14.3. The quantitative estimate of drug-likeness (QED) is 0.371. The Labute approximate surface area is 243 Å². The number of piperazine rings is 1. The van der Waals surface area contributed by atoms with Gasteiger partial charge in [0.2, 0.25) is 5.91 Å². The molecule has 2 heterocycles. The van der Waals surface area contributed by atoms with Crippen molar-refractivity contribution in [2.24, 2.45) is 0 Å². The van der Waals surface area contributed by atoms with Gasteiger partial charge in [0.25, 0.3) is 5.91 Å². The van der Waals surface area contributed by atoms with Gasteiger partial charge in [0.15, 0.2) is 5.69 Å². The van der Waals surface area contributed by atoms with Gasteiger partial charge in [-0.1, -0.05) is 74.0 Å². The summed E-state index contributed by atoms with van der Waals surface area (Å²) in [4.78, 5) is 33.6. The number of benzene rings is 2. The Hall–Kier alpha value is -3.42. The lowest BCUT2D eigenvalue weighted by atomic mass is 9.88. The molecule has 5 rings (SSSR count). The summed E-state index contributed by atoms with van der Waals surface area (Å²) in [6.07, 6.45) is 9.22. The topological polar surface area (TPSA) is 79.3 Å². The van der Waals surface area contributed by atoms with E-state index < -0.39 is 0 Å². The molecule has 8 heteroatoms. The van der Waals surface area contributed by atoms with E-state index in [-0.39, 0.29) is 36.3 Å². The molecule has 2 amide bonds. The number of imidazole rings is 1. The molecule has 2 fully saturated rings. The van der Waals surface area contributed by atoms with Gasteiger partial charge in [-0.05, 0) is 43.2 Å². The zero-order valence-corrected chi connectivity index (χ0v) is 24.0. The van der Waals surface area contributed by atoms with Gasteiger partial charge in [-0.15, -0.1) is 12.4 Å². The lowest BCUT2D eigenvalue weighted by Gasteiger charge is -2.36. The number of aromatic nitrogens is 2. The van der Waals surface area contributed by atoms with Crippen molar-refractivity contribution in [1.29, 1.82) is 0 Å². The molecule has 0 bridgehead atoms. The third-order valence-corrected chi connectivity index (χ3v) is 7.79. The third kappa shape index (κ3) is 6.83. The predicted molar refractivity (Wildman–Crippen MR) is 162 cm³/mol. The lowest BCUT2D eigenvalue weighted by molar-refractivity contribution is -0.116. The van der Waals surface area contributed by atoms with Crippen molar-refractivity contribution < 1.29 is 9.59 Å². The van der Waals surface area contributed by atoms with Crippen molar-refractivity contribution in [3.8, 4) is 11.3 Å². The molecule has 7 nitrogen and oxygen atoms in total. The van der Waals surface area contributed by atoms with E-state index in [0.29, 0.717) is 18.8 Å². The van der Waals surface area contributed by atoms with Gasteiger partial charge in [0, 0.05) is 43.9 Å². The van der Waals surface area contributed by atoms with Gasteiger partial charge < -0.3 is 20.1 Å². The van der Waals surface area contributed by atoms with Crippen molar-refractivity contribution in [2.75, 3.05) is 26.2 Å². The summed E-state index contributed by atoms with van der Waals surface area (Å²) in [6, 6.07) is 20.5. The fourth-order valence-corrected chi connectivity index (χ4v) is 5.84. The van der Waals surface area contributed by atoms with Crippen LogP contribution in [0.1, 0.15) is 61.1 Å². The molecule has 0 radical (unpaired) electrons. The number of hydrogen-bond donors (Lipinski definition) is 2. The molecule has 1 saturated heterocycles. The van der Waals surface area contributed by atoms with E-state index in [1.807, 2.05) is 59.8 Å². The maximum absolute atomic E-state index is 14.2. The highest BCUT2D eigenvalue weighted by atomic mass is 35.5. The number of amides is 2. The molecule has 1 aromatic heterocycles. The van der Waals surface area contributed by atoms with Gasteiger partial charge in [0.1, 0.15) is 0 Å². The average molecular weight is 562 g/mol. The van der Waals surface area contributed by atoms with Gasteiger partial charge in [-0.3, -0.25) is 9.59 Å². The first kappa shape index (κ1) is 29.6. The summed E-state index contributed by atoms with van der Waals surface area (Å²) in [6.45, 7) is 4.88. The number of hydrogen-bond acceptors (Lipinski definition) is 4. The van der Waals surface area contributed by atoms with Crippen LogP contribution in [0.3, 0.4) is 0 Å². The van der Waals surface area contributed by atoms with Crippen molar-refractivity contribution in [1.82, 2.24) is 25.1 Å². The van der Waals surface area contributed by atoms with E-state index in [9.17, 15) is 9.59 Å². The molecule has 2 atom stereocenters. The maximum atomic E-state index is 14.2. The van der Waals surface area contributed by atoms with Crippen LogP contribution < -0.4 is 10.6 Å². The van der Waals surface area contributed by atoms with Crippen LogP contribution in [-0.4, -0.2) is 58.5 Å². The number of allylic oxidation sites excluding steroid dienone is 1. The molecule has 2 aliphatic rings. The molecule has 0 spiro atoms. The average Bonchev–Trinajstić information content (AvgIpc) is 3.42. The number of nitrogens with one attached hydrogen (secondary N) is 2. The zero-order chi connectivity index (χ0) is 27.0. The largest absolute Gasteiger partial charge is 0.353 e. The van der Waals surface area contributed by atoms with E-state index in [1.165, 1.54) is 5.56 Å². The Kier molecular flexibility index (Phi) is 10.6. The monoisotopic (exact) mass is 561 g/mol. The summed E-state index contributed by atoms with van der Waals surface area (Å²) in [5.74, 6) is -0.0712. The van der Waals surface area contributed by atoms with Crippen LogP contribution in [0.4, 0.5) is 0 Å². The molecule has 1 aliphatic carbocycles. The summed E-state index contributed by atoms with van der Waals surface area (Å²) in [5, 5.41) is 6.45. The first-order valence-electron chi connectivity index (χ1n) is 14.3. The van der Waals surface area contributed by atoms with Crippen molar-refractivity contribution in [3.05, 3.63) is 89.9 Å². The van der Waals surface area contributed by atoms with Crippen LogP contribution >= 0.6 is 12.4 Å². The first-order chi connectivity index (χ1) is 19.2. The minimum atomic E-state index is -0.0407. The molecule has 2 aromatic carbocycles. The van der Waals surface area contributed by atoms with Crippen molar-refractivity contribution in [3.63, 3.8) is 0 Å². The van der Waals surface area contributed by atoms with Crippen LogP contribution in [-0.2, 0) is 11.2 Å². The van der Waals surface area contributed by atoms with E-state index in [1.54, 1.807) is 6.08 Å². The van der Waals surface area contributed by atoms with Crippen LogP contribution in [0, 0.1) is 0 Å². The minimum Gasteiger partial charge on any atom is -0.353 e. The molecule has 0 unspecified atom stereocenters. The van der Waals surface area contributed by atoms with Crippen molar-refractivity contribution in [2.45, 2.75) is 57.5 Å². The smallest absolute Gasteiger partial charge is 0.275 e. The van der Waals surface area contributed by atoms with Crippen LogP contribution in [0.15, 0.2) is 78.6 Å². The van der Waals surface area contributed by atoms with Crippen LogP contribution in [0.5, 0.6) is 0 Å². The Morgan fingerprint density at radius 1 is 1.07 bits per heavy atom. The lowest BCUT2D eigenvalue weighted by Crippen LogP contribution is -2.54. The Bertz CT molecular complexity index is 1290. The fourth-order valence-electron chi connectivity index (χ4n) is 5.84. The van der Waals surface area contributed by atoms with E-state index in [4.69, 9.17) is 4.98 Å². The standard InChI is InChI=1S/C32H39N5O2.ClH/c1-2-17-34-29(38)21-26-15-9-10-16-28(26)37-23-35-30(31(37)25-13-7-4-8-14-25)32(39)36-19-18-33-22-27(36)20-24-11-5-3-6-12-24;/h3-8,11-14,21,23,27-28,33H,2,9-10,15-20,22H2,1H3,(H,34,38);1H/b26-21+;/t27-,28+;/m1./s1. The molecule has 3 aromatic rings. The van der Waals surface area contributed by atoms with Crippen LogP contribution in [0.2, 0.25) is 0 Å². The van der Waals surface area contributed by atoms with E-state index >= 15 is 0 Å². The number of carbonyl (C=O) groups excluding carboxylic acids is 2. The van der Waals surface area contributed by atoms with Gasteiger partial charge in [0.05, 0.1) is 18.1 Å². The fraction of sp³-hybridized carbons (Fsp3) is 0.406. The van der Waals surface area contributed by atoms with E-state index in [2.05, 4.69) is 34.3 Å². The highest BCUT2D eigenvalue weighted by molar-refractivity contribution is 5.98. The second kappa shape index (κ2) is 14.3. The molecule has 2 N–H and O–H groups in total. The maximum Gasteiger partial charge on any atom is 0.275 e. The molecule has 1 saturated carbocycles. The Morgan fingerprint density at radius 3 is 2.58 bits per heavy atom. The second-order valence-electron chi connectivity index (χ2n) is 10.5. The summed E-state index contributed by atoms with van der Waals surface area (Å²) >= 11 is 0. The molecular formula is C32H40ClN5O2. The normalized spacial score (nSPS) is 20.1. The third-order valence-electron chi connectivity index (χ3n) is 7.79. The number of nitrogens with zero attached hydrogens (tertiary/aromatic N) is 3. The van der Waals surface area contributed by atoms with Gasteiger partial charge in [-0.25, -0.2) is 4.98 Å². The van der Waals surface area contributed by atoms with E-state index in [0.717, 1.165) is 68.4 Å². The molecule has 212 valence electrons. The molecular weight excluding hydrogens is 522 g/mol. The molecule has 40 heavy (non-hydrogen) atoms. The van der Waals surface area contributed by atoms with Crippen LogP contribution in [0.25, 0.3) is 11.3 Å². The highest BCUT2D eigenvalue weighted by Crippen LogP contribution is 2.38. The summed E-state index contributed by atoms with van der Waals surface area (Å²) in [7, 11) is 0. The molecule has 1 aliphatic heterocycles.